The largest absolute Gasteiger partial charge is 0.0980 e. The van der Waals surface area contributed by atoms with Crippen LogP contribution in [0.15, 0.2) is 32.0 Å². The van der Waals surface area contributed by atoms with Gasteiger partial charge in [-0.1, -0.05) is 18.7 Å². The highest BCUT2D eigenvalue weighted by Gasteiger charge is 1.77. The Morgan fingerprint density at radius 2 is 1.89 bits per heavy atom. The fourth-order valence-corrected chi connectivity index (χ4v) is 0.622. The third kappa shape index (κ3) is 6.57. The van der Waals surface area contributed by atoms with Gasteiger partial charge in [0, 0.05) is 3.58 Å². The van der Waals surface area contributed by atoms with Crippen LogP contribution in [0.5, 0.6) is 0 Å². The van der Waals surface area contributed by atoms with Crippen molar-refractivity contribution in [1.82, 2.24) is 0 Å². The third-order valence-corrected chi connectivity index (χ3v) is 1.83. The van der Waals surface area contributed by atoms with Crippen LogP contribution in [0.2, 0.25) is 0 Å². The number of allylic oxidation sites excluding steroid dienone is 5. The van der Waals surface area contributed by atoms with Crippen molar-refractivity contribution in [2.45, 2.75) is 6.92 Å². The average Bonchev–Trinajstić information content (AvgIpc) is 1.83. The summed E-state index contributed by atoms with van der Waals surface area (Å²) in [4.78, 5) is 0. The highest BCUT2D eigenvalue weighted by Crippen LogP contribution is 2.09. The van der Waals surface area contributed by atoms with Gasteiger partial charge in [0.05, 0.1) is 0 Å². The van der Waals surface area contributed by atoms with Gasteiger partial charge in [0.1, 0.15) is 0 Å². The average molecular weight is 346 g/mol. The molecule has 0 aromatic carbocycles. The zero-order valence-electron chi connectivity index (χ0n) is 5.20. The van der Waals surface area contributed by atoms with E-state index in [9.17, 15) is 0 Å². The quantitative estimate of drug-likeness (QED) is 0.527. The molecule has 50 valence electrons. The lowest BCUT2D eigenvalue weighted by molar-refractivity contribution is 1.71. The topological polar surface area (TPSA) is 0 Å². The zero-order chi connectivity index (χ0) is 7.28. The normalized spacial score (nSPS) is 13.7. The summed E-state index contributed by atoms with van der Waals surface area (Å²) >= 11 is 4.50. The van der Waals surface area contributed by atoms with Gasteiger partial charge in [-0.15, -0.1) is 0 Å². The molecular weight excluding hydrogens is 338 g/mol. The van der Waals surface area contributed by atoms with E-state index in [2.05, 4.69) is 64.8 Å². The van der Waals surface area contributed by atoms with Gasteiger partial charge in [0.2, 0.25) is 0 Å². The Labute approximate surface area is 83.4 Å². The van der Waals surface area contributed by atoms with E-state index in [-0.39, 0.29) is 0 Å². The van der Waals surface area contributed by atoms with Gasteiger partial charge >= 0.3 is 0 Å². The standard InChI is InChI=1S/C7H8I2/c1-3-7(9)5-4-6(2)8/h3-5H,1H2,2H3/b6-4+,7-5+. The van der Waals surface area contributed by atoms with Crippen LogP contribution in [0.4, 0.5) is 0 Å². The second kappa shape index (κ2) is 5.46. The fraction of sp³-hybridized carbons (Fsp3) is 0.143. The van der Waals surface area contributed by atoms with Gasteiger partial charge in [-0.3, -0.25) is 0 Å². The summed E-state index contributed by atoms with van der Waals surface area (Å²) in [6.07, 6.45) is 5.93. The van der Waals surface area contributed by atoms with Gasteiger partial charge in [-0.2, -0.15) is 0 Å². The van der Waals surface area contributed by atoms with Crippen LogP contribution < -0.4 is 0 Å². The molecule has 0 N–H and O–H groups in total. The zero-order valence-corrected chi connectivity index (χ0v) is 9.51. The summed E-state index contributed by atoms with van der Waals surface area (Å²) in [6.45, 7) is 5.69. The Morgan fingerprint density at radius 1 is 1.33 bits per heavy atom. The lowest BCUT2D eigenvalue weighted by atomic mass is 10.4. The lowest BCUT2D eigenvalue weighted by Gasteiger charge is -1.83. The van der Waals surface area contributed by atoms with Crippen LogP contribution >= 0.6 is 45.2 Å². The molecule has 0 aliphatic rings. The highest BCUT2D eigenvalue weighted by molar-refractivity contribution is 14.1. The van der Waals surface area contributed by atoms with Crippen molar-refractivity contribution in [2.75, 3.05) is 0 Å². The molecule has 0 aromatic heterocycles. The molecule has 0 saturated carbocycles. The molecule has 0 unspecified atom stereocenters. The molecule has 0 bridgehead atoms. The van der Waals surface area contributed by atoms with Crippen molar-refractivity contribution < 1.29 is 0 Å². The first-order valence-corrected chi connectivity index (χ1v) is 4.64. The van der Waals surface area contributed by atoms with Crippen molar-refractivity contribution in [3.8, 4) is 0 Å². The third-order valence-electron chi connectivity index (χ3n) is 0.667. The van der Waals surface area contributed by atoms with Crippen molar-refractivity contribution in [3.63, 3.8) is 0 Å². The first-order chi connectivity index (χ1) is 4.16. The second-order valence-corrected chi connectivity index (χ2v) is 4.46. The van der Waals surface area contributed by atoms with E-state index < -0.39 is 0 Å². The minimum absolute atomic E-state index is 1.17. The molecular formula is C7H8I2. The summed E-state index contributed by atoms with van der Waals surface area (Å²) in [7, 11) is 0. The Balaban J connectivity index is 3.98. The Hall–Kier alpha value is 0.680. The predicted octanol–water partition coefficient (Wildman–Crippen LogP) is 3.83. The molecule has 0 aliphatic heterocycles. The molecule has 0 fully saturated rings. The molecule has 9 heavy (non-hydrogen) atoms. The van der Waals surface area contributed by atoms with E-state index in [1.54, 1.807) is 0 Å². The molecule has 0 aliphatic carbocycles. The van der Waals surface area contributed by atoms with E-state index in [0.29, 0.717) is 0 Å². The van der Waals surface area contributed by atoms with Crippen molar-refractivity contribution in [1.29, 1.82) is 0 Å². The van der Waals surface area contributed by atoms with Crippen LogP contribution in [0.3, 0.4) is 0 Å². The number of hydrogen-bond acceptors (Lipinski definition) is 0. The summed E-state index contributed by atoms with van der Waals surface area (Å²) in [5.74, 6) is 0. The van der Waals surface area contributed by atoms with Crippen molar-refractivity contribution >= 4 is 45.2 Å². The molecule has 0 heterocycles. The van der Waals surface area contributed by atoms with Gasteiger partial charge in [-0.25, -0.2) is 0 Å². The van der Waals surface area contributed by atoms with Crippen LogP contribution in [0.25, 0.3) is 0 Å². The van der Waals surface area contributed by atoms with E-state index in [1.807, 2.05) is 12.2 Å². The Kier molecular flexibility index (Phi) is 5.88. The van der Waals surface area contributed by atoms with Crippen LogP contribution in [-0.2, 0) is 0 Å². The molecule has 0 radical (unpaired) electrons. The molecule has 0 saturated heterocycles. The van der Waals surface area contributed by atoms with E-state index in [0.717, 1.165) is 0 Å². The monoisotopic (exact) mass is 346 g/mol. The first-order valence-electron chi connectivity index (χ1n) is 2.49. The molecule has 2 heteroatoms. The van der Waals surface area contributed by atoms with Gasteiger partial charge in [-0.05, 0) is 61.8 Å². The van der Waals surface area contributed by atoms with E-state index in [4.69, 9.17) is 0 Å². The van der Waals surface area contributed by atoms with Crippen molar-refractivity contribution in [3.05, 3.63) is 32.0 Å². The highest BCUT2D eigenvalue weighted by atomic mass is 127. The summed E-state index contributed by atoms with van der Waals surface area (Å²) in [5.41, 5.74) is 0. The smallest absolute Gasteiger partial charge is 0.0124 e. The molecule has 0 atom stereocenters. The predicted molar refractivity (Wildman–Crippen MR) is 60.1 cm³/mol. The lowest BCUT2D eigenvalue weighted by Crippen LogP contribution is -1.58. The minimum Gasteiger partial charge on any atom is -0.0980 e. The van der Waals surface area contributed by atoms with Crippen LogP contribution in [0, 0.1) is 0 Å². The SMILES string of the molecule is C=C/C(I)=C\C=C(/C)I. The van der Waals surface area contributed by atoms with E-state index >= 15 is 0 Å². The van der Waals surface area contributed by atoms with Crippen molar-refractivity contribution in [2.24, 2.45) is 0 Å². The summed E-state index contributed by atoms with van der Waals surface area (Å²) < 4.78 is 2.45. The molecule has 0 rings (SSSR count). The van der Waals surface area contributed by atoms with Gasteiger partial charge in [0.25, 0.3) is 0 Å². The van der Waals surface area contributed by atoms with Gasteiger partial charge in [0.15, 0.2) is 0 Å². The Bertz CT molecular complexity index is 150. The van der Waals surface area contributed by atoms with Crippen LogP contribution in [0.1, 0.15) is 6.92 Å². The van der Waals surface area contributed by atoms with E-state index in [1.165, 1.54) is 7.16 Å². The maximum absolute atomic E-state index is 3.63. The molecule has 0 spiro atoms. The number of rotatable bonds is 2. The molecule has 0 nitrogen and oxygen atoms in total. The summed E-state index contributed by atoms with van der Waals surface area (Å²) in [5, 5.41) is 0. The van der Waals surface area contributed by atoms with Crippen LogP contribution in [-0.4, -0.2) is 0 Å². The Morgan fingerprint density at radius 3 is 2.22 bits per heavy atom. The number of hydrogen-bond donors (Lipinski definition) is 0. The van der Waals surface area contributed by atoms with Gasteiger partial charge < -0.3 is 0 Å². The second-order valence-electron chi connectivity index (χ2n) is 1.51. The first kappa shape index (κ1) is 9.68. The molecule has 0 aromatic rings. The maximum atomic E-state index is 3.63. The molecule has 0 amide bonds. The number of halogens is 2. The maximum Gasteiger partial charge on any atom is 0.0124 e. The fourth-order valence-electron chi connectivity index (χ4n) is 0.262. The summed E-state index contributed by atoms with van der Waals surface area (Å²) in [6, 6.07) is 0. The minimum atomic E-state index is 1.17.